The number of rotatable bonds is 2. The van der Waals surface area contributed by atoms with Gasteiger partial charge in [-0.1, -0.05) is 11.6 Å². The third kappa shape index (κ3) is 2.40. The maximum Gasteiger partial charge on any atom is 0.275 e. The number of carbonyl (C=O) groups is 1. The van der Waals surface area contributed by atoms with Gasteiger partial charge in [-0.15, -0.1) is 11.3 Å². The van der Waals surface area contributed by atoms with Crippen LogP contribution in [0.1, 0.15) is 16.1 Å². The average Bonchev–Trinajstić information content (AvgIpc) is 2.75. The van der Waals surface area contributed by atoms with Crippen LogP contribution in [0.5, 0.6) is 0 Å². The molecule has 1 heterocycles. The molecule has 0 spiro atoms. The number of nitrogens with zero attached hydrogens (tertiary/aromatic N) is 1. The smallest absolute Gasteiger partial charge is 0.275 e. The van der Waals surface area contributed by atoms with E-state index in [0.29, 0.717) is 10.7 Å². The van der Waals surface area contributed by atoms with Gasteiger partial charge < -0.3 is 5.32 Å². The van der Waals surface area contributed by atoms with Crippen molar-refractivity contribution in [3.05, 3.63) is 45.4 Å². The molecular weight excluding hydrogens is 244 g/mol. The zero-order valence-electron chi connectivity index (χ0n) is 8.53. The van der Waals surface area contributed by atoms with Gasteiger partial charge in [-0.2, -0.15) is 0 Å². The Kier molecular flexibility index (Phi) is 3.22. The van der Waals surface area contributed by atoms with Crippen LogP contribution in [-0.2, 0) is 0 Å². The van der Waals surface area contributed by atoms with Crippen molar-refractivity contribution >= 4 is 34.5 Å². The zero-order valence-corrected chi connectivity index (χ0v) is 10.1. The van der Waals surface area contributed by atoms with Crippen LogP contribution in [0.4, 0.5) is 5.69 Å². The van der Waals surface area contributed by atoms with Gasteiger partial charge in [-0.05, 0) is 30.7 Å². The fourth-order valence-corrected chi connectivity index (χ4v) is 2.04. The Balaban J connectivity index is 2.18. The minimum Gasteiger partial charge on any atom is -0.320 e. The first-order valence-electron chi connectivity index (χ1n) is 4.62. The Morgan fingerprint density at radius 1 is 1.50 bits per heavy atom. The summed E-state index contributed by atoms with van der Waals surface area (Å²) in [4.78, 5) is 15.7. The van der Waals surface area contributed by atoms with E-state index >= 15 is 0 Å². The third-order valence-corrected chi connectivity index (χ3v) is 2.92. The fourth-order valence-electron chi connectivity index (χ4n) is 1.28. The van der Waals surface area contributed by atoms with E-state index in [1.54, 1.807) is 29.1 Å². The first-order valence-corrected chi connectivity index (χ1v) is 5.94. The number of hydrogen-bond acceptors (Lipinski definition) is 3. The van der Waals surface area contributed by atoms with Crippen LogP contribution in [0.2, 0.25) is 5.02 Å². The summed E-state index contributed by atoms with van der Waals surface area (Å²) in [6.07, 6.45) is 0. The van der Waals surface area contributed by atoms with Gasteiger partial charge in [0.05, 0.1) is 5.51 Å². The number of nitrogens with one attached hydrogen (secondary N) is 1. The molecular formula is C11H9ClN2OS. The summed E-state index contributed by atoms with van der Waals surface area (Å²) in [6.45, 7) is 1.89. The van der Waals surface area contributed by atoms with E-state index in [9.17, 15) is 4.79 Å². The van der Waals surface area contributed by atoms with Gasteiger partial charge in [0.15, 0.2) is 0 Å². The minimum absolute atomic E-state index is 0.202. The number of aryl methyl sites for hydroxylation is 1. The molecule has 1 amide bonds. The van der Waals surface area contributed by atoms with Crippen molar-refractivity contribution in [3.8, 4) is 0 Å². The van der Waals surface area contributed by atoms with Gasteiger partial charge in [0.2, 0.25) is 0 Å². The number of hydrogen-bond donors (Lipinski definition) is 1. The quantitative estimate of drug-likeness (QED) is 0.891. The van der Waals surface area contributed by atoms with Crippen LogP contribution in [0.15, 0.2) is 29.1 Å². The Labute approximate surface area is 102 Å². The maximum atomic E-state index is 11.7. The molecule has 0 atom stereocenters. The van der Waals surface area contributed by atoms with Gasteiger partial charge >= 0.3 is 0 Å². The normalized spacial score (nSPS) is 10.1. The largest absolute Gasteiger partial charge is 0.320 e. The third-order valence-electron chi connectivity index (χ3n) is 2.10. The monoisotopic (exact) mass is 252 g/mol. The van der Waals surface area contributed by atoms with Crippen molar-refractivity contribution in [2.75, 3.05) is 5.32 Å². The second kappa shape index (κ2) is 4.63. The molecule has 0 radical (unpaired) electrons. The van der Waals surface area contributed by atoms with Gasteiger partial charge in [-0.25, -0.2) is 4.98 Å². The molecule has 2 aromatic rings. The van der Waals surface area contributed by atoms with Crippen molar-refractivity contribution in [2.24, 2.45) is 0 Å². The number of benzene rings is 1. The predicted molar refractivity (Wildman–Crippen MR) is 66.3 cm³/mol. The minimum atomic E-state index is -0.202. The molecule has 2 rings (SSSR count). The number of carbonyl (C=O) groups excluding carboxylic acids is 1. The lowest BCUT2D eigenvalue weighted by Gasteiger charge is -2.06. The molecule has 0 unspecified atom stereocenters. The predicted octanol–water partition coefficient (Wildman–Crippen LogP) is 3.36. The first kappa shape index (κ1) is 11.1. The van der Waals surface area contributed by atoms with Crippen LogP contribution in [-0.4, -0.2) is 10.9 Å². The summed E-state index contributed by atoms with van der Waals surface area (Å²) in [6, 6.07) is 5.32. The molecule has 1 aromatic carbocycles. The molecule has 0 aliphatic rings. The van der Waals surface area contributed by atoms with E-state index in [-0.39, 0.29) is 5.91 Å². The SMILES string of the molecule is Cc1cc(Cl)ccc1NC(=O)c1cscn1. The second-order valence-electron chi connectivity index (χ2n) is 3.29. The number of halogens is 1. The van der Waals surface area contributed by atoms with E-state index in [1.165, 1.54) is 11.3 Å². The highest BCUT2D eigenvalue weighted by Gasteiger charge is 2.09. The van der Waals surface area contributed by atoms with Crippen molar-refractivity contribution < 1.29 is 4.79 Å². The molecule has 0 aliphatic carbocycles. The van der Waals surface area contributed by atoms with E-state index < -0.39 is 0 Å². The lowest BCUT2D eigenvalue weighted by atomic mass is 10.2. The summed E-state index contributed by atoms with van der Waals surface area (Å²) >= 11 is 7.22. The van der Waals surface area contributed by atoms with Crippen molar-refractivity contribution in [2.45, 2.75) is 6.92 Å². The highest BCUT2D eigenvalue weighted by molar-refractivity contribution is 7.07. The highest BCUT2D eigenvalue weighted by atomic mass is 35.5. The van der Waals surface area contributed by atoms with Crippen molar-refractivity contribution in [1.82, 2.24) is 4.98 Å². The van der Waals surface area contributed by atoms with Crippen LogP contribution in [0.3, 0.4) is 0 Å². The van der Waals surface area contributed by atoms with Crippen LogP contribution in [0.25, 0.3) is 0 Å². The fraction of sp³-hybridized carbons (Fsp3) is 0.0909. The Morgan fingerprint density at radius 3 is 2.94 bits per heavy atom. The van der Waals surface area contributed by atoms with Gasteiger partial charge in [-0.3, -0.25) is 4.79 Å². The van der Waals surface area contributed by atoms with Crippen molar-refractivity contribution in [1.29, 1.82) is 0 Å². The van der Waals surface area contributed by atoms with E-state index in [1.807, 2.05) is 6.92 Å². The standard InChI is InChI=1S/C11H9ClN2OS/c1-7-4-8(12)2-3-9(7)14-11(15)10-5-16-6-13-10/h2-6H,1H3,(H,14,15). The molecule has 1 N–H and O–H groups in total. The second-order valence-corrected chi connectivity index (χ2v) is 4.44. The summed E-state index contributed by atoms with van der Waals surface area (Å²) < 4.78 is 0. The van der Waals surface area contributed by atoms with Crippen LogP contribution in [0, 0.1) is 6.92 Å². The Hall–Kier alpha value is -1.39. The van der Waals surface area contributed by atoms with Gasteiger partial charge in [0.1, 0.15) is 5.69 Å². The van der Waals surface area contributed by atoms with E-state index in [4.69, 9.17) is 11.6 Å². The molecule has 0 bridgehead atoms. The Morgan fingerprint density at radius 2 is 2.31 bits per heavy atom. The molecule has 82 valence electrons. The van der Waals surface area contributed by atoms with Crippen LogP contribution < -0.4 is 5.32 Å². The molecule has 3 nitrogen and oxygen atoms in total. The molecule has 0 fully saturated rings. The van der Waals surface area contributed by atoms with Gasteiger partial charge in [0, 0.05) is 16.1 Å². The molecule has 0 saturated carbocycles. The first-order chi connectivity index (χ1) is 7.66. The van der Waals surface area contributed by atoms with Crippen LogP contribution >= 0.6 is 22.9 Å². The van der Waals surface area contributed by atoms with Crippen molar-refractivity contribution in [3.63, 3.8) is 0 Å². The summed E-state index contributed by atoms with van der Waals surface area (Å²) in [5.74, 6) is -0.202. The number of aromatic nitrogens is 1. The lowest BCUT2D eigenvalue weighted by molar-refractivity contribution is 0.102. The molecule has 16 heavy (non-hydrogen) atoms. The summed E-state index contributed by atoms with van der Waals surface area (Å²) in [7, 11) is 0. The number of thiazole rings is 1. The lowest BCUT2D eigenvalue weighted by Crippen LogP contribution is -2.12. The van der Waals surface area contributed by atoms with E-state index in [2.05, 4.69) is 10.3 Å². The topological polar surface area (TPSA) is 42.0 Å². The Bertz CT molecular complexity index is 511. The molecule has 5 heteroatoms. The summed E-state index contributed by atoms with van der Waals surface area (Å²) in [5.41, 5.74) is 3.74. The zero-order chi connectivity index (χ0) is 11.5. The van der Waals surface area contributed by atoms with E-state index in [0.717, 1.165) is 11.3 Å². The number of anilines is 1. The molecule has 0 aliphatic heterocycles. The number of amides is 1. The highest BCUT2D eigenvalue weighted by Crippen LogP contribution is 2.20. The summed E-state index contributed by atoms with van der Waals surface area (Å²) in [5, 5.41) is 5.15. The molecule has 1 aromatic heterocycles. The maximum absolute atomic E-state index is 11.7. The molecule has 0 saturated heterocycles. The van der Waals surface area contributed by atoms with Gasteiger partial charge in [0.25, 0.3) is 5.91 Å². The average molecular weight is 253 g/mol.